The molecule has 0 aliphatic heterocycles. The molecule has 0 bridgehead atoms. The Kier molecular flexibility index (Phi) is 3.92. The van der Waals surface area contributed by atoms with E-state index in [4.69, 9.17) is 5.73 Å². The van der Waals surface area contributed by atoms with Crippen molar-refractivity contribution in [2.24, 2.45) is 0 Å². The molecule has 3 N–H and O–H groups in total. The Balaban J connectivity index is 1.86. The molecule has 0 fully saturated rings. The number of nitrogens with zero attached hydrogens (tertiary/aromatic N) is 3. The number of nitrogen functional groups attached to an aromatic ring is 1. The van der Waals surface area contributed by atoms with E-state index in [0.29, 0.717) is 12.4 Å². The van der Waals surface area contributed by atoms with Crippen LogP contribution in [0.4, 0.5) is 16.3 Å². The standard InChI is InChI=1S/C16H20FN5/c1-3-12(17)14-20-15(18)22-16(21-14)19-13-7-6-10-5-4-9(2)8-11(10)13/h4-5,8,12-13H,3,6-7H2,1-2H3,(H3,18,19,20,21,22). The first kappa shape index (κ1) is 14.7. The van der Waals surface area contributed by atoms with Crippen molar-refractivity contribution in [3.05, 3.63) is 40.7 Å². The molecule has 3 rings (SSSR count). The Hall–Kier alpha value is -2.24. The second-order valence-corrected chi connectivity index (χ2v) is 5.69. The lowest BCUT2D eigenvalue weighted by Crippen LogP contribution is -2.14. The monoisotopic (exact) mass is 301 g/mol. The van der Waals surface area contributed by atoms with Crippen molar-refractivity contribution in [1.82, 2.24) is 15.0 Å². The molecule has 1 aliphatic carbocycles. The smallest absolute Gasteiger partial charge is 0.228 e. The predicted octanol–water partition coefficient (Wildman–Crippen LogP) is 3.28. The molecule has 5 nitrogen and oxygen atoms in total. The average Bonchev–Trinajstić information content (AvgIpc) is 2.88. The fraction of sp³-hybridized carbons (Fsp3) is 0.438. The lowest BCUT2D eigenvalue weighted by molar-refractivity contribution is 0.318. The molecule has 0 saturated heterocycles. The lowest BCUT2D eigenvalue weighted by Gasteiger charge is -2.15. The maximum absolute atomic E-state index is 13.8. The van der Waals surface area contributed by atoms with E-state index in [1.165, 1.54) is 16.7 Å². The van der Waals surface area contributed by atoms with Gasteiger partial charge < -0.3 is 11.1 Å². The normalized spacial score (nSPS) is 18.0. The van der Waals surface area contributed by atoms with Crippen LogP contribution in [0.1, 0.15) is 54.5 Å². The quantitative estimate of drug-likeness (QED) is 0.906. The molecule has 0 amide bonds. The Morgan fingerprint density at radius 3 is 2.95 bits per heavy atom. The van der Waals surface area contributed by atoms with Crippen molar-refractivity contribution in [2.45, 2.75) is 45.3 Å². The molecule has 116 valence electrons. The number of aromatic nitrogens is 3. The van der Waals surface area contributed by atoms with Crippen LogP contribution in [0.5, 0.6) is 0 Å². The van der Waals surface area contributed by atoms with Crippen LogP contribution >= 0.6 is 0 Å². The van der Waals surface area contributed by atoms with Crippen molar-refractivity contribution in [3.8, 4) is 0 Å². The zero-order valence-electron chi connectivity index (χ0n) is 12.8. The minimum atomic E-state index is -1.22. The molecule has 1 aromatic carbocycles. The summed E-state index contributed by atoms with van der Waals surface area (Å²) in [4.78, 5) is 12.1. The van der Waals surface area contributed by atoms with Crippen LogP contribution in [0.3, 0.4) is 0 Å². The molecular formula is C16H20FN5. The number of aryl methyl sites for hydroxylation is 2. The highest BCUT2D eigenvalue weighted by Crippen LogP contribution is 2.34. The van der Waals surface area contributed by atoms with E-state index >= 15 is 0 Å². The van der Waals surface area contributed by atoms with Gasteiger partial charge in [0.2, 0.25) is 11.9 Å². The van der Waals surface area contributed by atoms with Gasteiger partial charge in [-0.1, -0.05) is 30.7 Å². The summed E-state index contributed by atoms with van der Waals surface area (Å²) >= 11 is 0. The molecule has 1 aliphatic rings. The lowest BCUT2D eigenvalue weighted by atomic mass is 10.1. The first-order valence-corrected chi connectivity index (χ1v) is 7.58. The van der Waals surface area contributed by atoms with E-state index in [0.717, 1.165) is 12.8 Å². The third-order valence-electron chi connectivity index (χ3n) is 3.99. The Morgan fingerprint density at radius 2 is 2.18 bits per heavy atom. The van der Waals surface area contributed by atoms with E-state index < -0.39 is 6.17 Å². The predicted molar refractivity (Wildman–Crippen MR) is 84.2 cm³/mol. The highest BCUT2D eigenvalue weighted by atomic mass is 19.1. The zero-order valence-corrected chi connectivity index (χ0v) is 12.8. The molecule has 0 saturated carbocycles. The summed E-state index contributed by atoms with van der Waals surface area (Å²) in [5.74, 6) is 0.490. The number of anilines is 2. The number of nitrogens with one attached hydrogen (secondary N) is 1. The summed E-state index contributed by atoms with van der Waals surface area (Å²) in [7, 11) is 0. The summed E-state index contributed by atoms with van der Waals surface area (Å²) in [5.41, 5.74) is 9.49. The second-order valence-electron chi connectivity index (χ2n) is 5.69. The van der Waals surface area contributed by atoms with Crippen molar-refractivity contribution in [3.63, 3.8) is 0 Å². The SMILES string of the molecule is CCC(F)c1nc(N)nc(NC2CCc3ccc(C)cc32)n1. The van der Waals surface area contributed by atoms with E-state index in [-0.39, 0.29) is 17.8 Å². The van der Waals surface area contributed by atoms with Gasteiger partial charge in [-0.3, -0.25) is 0 Å². The van der Waals surface area contributed by atoms with Crippen LogP contribution in [0.2, 0.25) is 0 Å². The minimum Gasteiger partial charge on any atom is -0.368 e. The summed E-state index contributed by atoms with van der Waals surface area (Å²) in [6.07, 6.45) is 1.08. The van der Waals surface area contributed by atoms with Crippen molar-refractivity contribution < 1.29 is 4.39 Å². The number of nitrogens with two attached hydrogens (primary N) is 1. The fourth-order valence-corrected chi connectivity index (χ4v) is 2.82. The van der Waals surface area contributed by atoms with E-state index in [1.54, 1.807) is 6.92 Å². The minimum absolute atomic E-state index is 0.0473. The Morgan fingerprint density at radius 1 is 1.36 bits per heavy atom. The maximum atomic E-state index is 13.8. The fourth-order valence-electron chi connectivity index (χ4n) is 2.82. The molecule has 1 aromatic heterocycles. The number of hydrogen-bond acceptors (Lipinski definition) is 5. The topological polar surface area (TPSA) is 76.7 Å². The first-order chi connectivity index (χ1) is 10.6. The number of alkyl halides is 1. The van der Waals surface area contributed by atoms with Gasteiger partial charge in [0.05, 0.1) is 6.04 Å². The summed E-state index contributed by atoms with van der Waals surface area (Å²) < 4.78 is 13.8. The molecule has 0 spiro atoms. The van der Waals surface area contributed by atoms with Gasteiger partial charge >= 0.3 is 0 Å². The summed E-state index contributed by atoms with van der Waals surface area (Å²) in [6.45, 7) is 3.82. The average molecular weight is 301 g/mol. The Labute approximate surface area is 129 Å². The van der Waals surface area contributed by atoms with Crippen molar-refractivity contribution in [1.29, 1.82) is 0 Å². The van der Waals surface area contributed by atoms with Crippen LogP contribution in [0.25, 0.3) is 0 Å². The van der Waals surface area contributed by atoms with E-state index in [9.17, 15) is 4.39 Å². The highest BCUT2D eigenvalue weighted by molar-refractivity contribution is 5.43. The third kappa shape index (κ3) is 2.86. The van der Waals surface area contributed by atoms with E-state index in [2.05, 4.69) is 45.4 Å². The largest absolute Gasteiger partial charge is 0.368 e. The number of halogens is 1. The van der Waals surface area contributed by atoms with E-state index in [1.807, 2.05) is 0 Å². The molecular weight excluding hydrogens is 281 g/mol. The number of hydrogen-bond donors (Lipinski definition) is 2. The number of fused-ring (bicyclic) bond motifs is 1. The van der Waals surface area contributed by atoms with Gasteiger partial charge in [0.15, 0.2) is 12.0 Å². The maximum Gasteiger partial charge on any atom is 0.228 e. The third-order valence-corrected chi connectivity index (χ3v) is 3.99. The Bertz CT molecular complexity index is 688. The van der Waals surface area contributed by atoms with Gasteiger partial charge in [-0.2, -0.15) is 15.0 Å². The van der Waals surface area contributed by atoms with Gasteiger partial charge in [-0.15, -0.1) is 0 Å². The number of rotatable bonds is 4. The van der Waals surface area contributed by atoms with Crippen LogP contribution in [0, 0.1) is 6.92 Å². The molecule has 22 heavy (non-hydrogen) atoms. The molecule has 2 aromatic rings. The van der Waals surface area contributed by atoms with Crippen molar-refractivity contribution in [2.75, 3.05) is 11.1 Å². The van der Waals surface area contributed by atoms with Crippen molar-refractivity contribution >= 4 is 11.9 Å². The summed E-state index contributed by atoms with van der Waals surface area (Å²) in [6, 6.07) is 6.59. The highest BCUT2D eigenvalue weighted by Gasteiger charge is 2.24. The van der Waals surface area contributed by atoms with Gasteiger partial charge in [-0.25, -0.2) is 4.39 Å². The van der Waals surface area contributed by atoms with Gasteiger partial charge in [0.1, 0.15) is 0 Å². The molecule has 1 heterocycles. The van der Waals surface area contributed by atoms with Crippen LogP contribution in [0.15, 0.2) is 18.2 Å². The van der Waals surface area contributed by atoms with Gasteiger partial charge in [0.25, 0.3) is 0 Å². The molecule has 2 atom stereocenters. The molecule has 6 heteroatoms. The molecule has 0 radical (unpaired) electrons. The van der Waals surface area contributed by atoms with Crippen LogP contribution in [-0.2, 0) is 6.42 Å². The zero-order chi connectivity index (χ0) is 15.7. The number of benzene rings is 1. The summed E-state index contributed by atoms with van der Waals surface area (Å²) in [5, 5.41) is 3.28. The van der Waals surface area contributed by atoms with Crippen LogP contribution in [-0.4, -0.2) is 15.0 Å². The first-order valence-electron chi connectivity index (χ1n) is 7.58. The second kappa shape index (κ2) is 5.87. The van der Waals surface area contributed by atoms with Gasteiger partial charge in [0, 0.05) is 0 Å². The van der Waals surface area contributed by atoms with Crippen LogP contribution < -0.4 is 11.1 Å². The van der Waals surface area contributed by atoms with Gasteiger partial charge in [-0.05, 0) is 37.3 Å². The molecule has 2 unspecified atom stereocenters.